The van der Waals surface area contributed by atoms with Crippen LogP contribution in [-0.4, -0.2) is 10.8 Å². The molecule has 0 bridgehead atoms. The molecule has 2 rings (SSSR count). The summed E-state index contributed by atoms with van der Waals surface area (Å²) in [4.78, 5) is 22.5. The Labute approximate surface area is 133 Å². The Morgan fingerprint density at radius 1 is 1.29 bits per heavy atom. The number of nitro groups is 1. The third-order valence-corrected chi connectivity index (χ3v) is 3.46. The number of hydrogen-bond donors (Lipinski definition) is 2. The Morgan fingerprint density at radius 3 is 2.67 bits per heavy atom. The van der Waals surface area contributed by atoms with Crippen LogP contribution in [0.2, 0.25) is 5.02 Å². The molecular weight excluding hydrogens is 362 g/mol. The standard InChI is InChI=1S/C13H9BrClN3O3/c14-7-1-3-10(15)11(5-7)17-13(19)9-6-8(16)2-4-12(9)18(20)21/h1-6H,16H2,(H,17,19). The second-order valence-corrected chi connectivity index (χ2v) is 5.43. The highest BCUT2D eigenvalue weighted by Crippen LogP contribution is 2.28. The molecule has 1 amide bonds. The fourth-order valence-electron chi connectivity index (χ4n) is 1.68. The first-order chi connectivity index (χ1) is 9.88. The molecule has 3 N–H and O–H groups in total. The van der Waals surface area contributed by atoms with E-state index >= 15 is 0 Å². The lowest BCUT2D eigenvalue weighted by Crippen LogP contribution is -2.14. The van der Waals surface area contributed by atoms with Crippen LogP contribution < -0.4 is 11.1 Å². The molecule has 108 valence electrons. The zero-order chi connectivity index (χ0) is 15.6. The molecule has 0 unspecified atom stereocenters. The van der Waals surface area contributed by atoms with Crippen LogP contribution in [0.4, 0.5) is 17.1 Å². The number of nitro benzene ring substituents is 1. The molecule has 0 heterocycles. The lowest BCUT2D eigenvalue weighted by molar-refractivity contribution is -0.385. The van der Waals surface area contributed by atoms with Crippen molar-refractivity contribution in [1.29, 1.82) is 0 Å². The number of nitrogens with zero attached hydrogens (tertiary/aromatic N) is 1. The van der Waals surface area contributed by atoms with E-state index in [4.69, 9.17) is 17.3 Å². The van der Waals surface area contributed by atoms with Crippen molar-refractivity contribution in [2.24, 2.45) is 0 Å². The van der Waals surface area contributed by atoms with Crippen LogP contribution in [0.3, 0.4) is 0 Å². The highest BCUT2D eigenvalue weighted by molar-refractivity contribution is 9.10. The maximum atomic E-state index is 12.2. The minimum atomic E-state index is -0.658. The van der Waals surface area contributed by atoms with Crippen LogP contribution in [0, 0.1) is 10.1 Å². The summed E-state index contributed by atoms with van der Waals surface area (Å²) >= 11 is 9.22. The van der Waals surface area contributed by atoms with Gasteiger partial charge in [0, 0.05) is 16.2 Å². The predicted molar refractivity (Wildman–Crippen MR) is 84.6 cm³/mol. The Balaban J connectivity index is 2.39. The Bertz CT molecular complexity index is 737. The molecule has 2 aromatic carbocycles. The van der Waals surface area contributed by atoms with E-state index in [1.165, 1.54) is 18.2 Å². The van der Waals surface area contributed by atoms with Crippen LogP contribution in [-0.2, 0) is 0 Å². The monoisotopic (exact) mass is 369 g/mol. The summed E-state index contributed by atoms with van der Waals surface area (Å²) in [6.07, 6.45) is 0. The van der Waals surface area contributed by atoms with Gasteiger partial charge in [-0.2, -0.15) is 0 Å². The first-order valence-corrected chi connectivity index (χ1v) is 6.86. The molecule has 0 saturated carbocycles. The van der Waals surface area contributed by atoms with Gasteiger partial charge in [0.05, 0.1) is 15.6 Å². The molecule has 0 saturated heterocycles. The molecule has 8 heteroatoms. The fourth-order valence-corrected chi connectivity index (χ4v) is 2.20. The van der Waals surface area contributed by atoms with Gasteiger partial charge in [0.1, 0.15) is 5.56 Å². The number of nitrogens with two attached hydrogens (primary N) is 1. The number of anilines is 2. The van der Waals surface area contributed by atoms with E-state index in [2.05, 4.69) is 21.2 Å². The minimum Gasteiger partial charge on any atom is -0.399 e. The number of halogens is 2. The quantitative estimate of drug-likeness (QED) is 0.487. The SMILES string of the molecule is Nc1ccc([N+](=O)[O-])c(C(=O)Nc2cc(Br)ccc2Cl)c1. The molecule has 0 aromatic heterocycles. The maximum Gasteiger partial charge on any atom is 0.282 e. The molecule has 0 atom stereocenters. The van der Waals surface area contributed by atoms with E-state index < -0.39 is 10.8 Å². The molecule has 0 aliphatic heterocycles. The zero-order valence-electron chi connectivity index (χ0n) is 10.5. The molecule has 0 spiro atoms. The van der Waals surface area contributed by atoms with Gasteiger partial charge in [-0.25, -0.2) is 0 Å². The first kappa shape index (κ1) is 15.3. The van der Waals surface area contributed by atoms with Gasteiger partial charge in [0.15, 0.2) is 0 Å². The van der Waals surface area contributed by atoms with Crippen molar-refractivity contribution < 1.29 is 9.72 Å². The van der Waals surface area contributed by atoms with Gasteiger partial charge in [-0.3, -0.25) is 14.9 Å². The van der Waals surface area contributed by atoms with Gasteiger partial charge in [0.25, 0.3) is 11.6 Å². The third-order valence-electron chi connectivity index (χ3n) is 2.64. The van der Waals surface area contributed by atoms with Gasteiger partial charge in [-0.05, 0) is 30.3 Å². The Hall–Kier alpha value is -2.12. The molecule has 0 aliphatic carbocycles. The lowest BCUT2D eigenvalue weighted by atomic mass is 10.1. The van der Waals surface area contributed by atoms with Crippen LogP contribution in [0.25, 0.3) is 0 Å². The number of nitrogens with one attached hydrogen (secondary N) is 1. The van der Waals surface area contributed by atoms with E-state index in [9.17, 15) is 14.9 Å². The number of rotatable bonds is 3. The summed E-state index contributed by atoms with van der Waals surface area (Å²) in [7, 11) is 0. The zero-order valence-corrected chi connectivity index (χ0v) is 12.8. The van der Waals surface area contributed by atoms with Gasteiger partial charge in [-0.15, -0.1) is 0 Å². The summed E-state index contributed by atoms with van der Waals surface area (Å²) in [5.74, 6) is -0.658. The van der Waals surface area contributed by atoms with Crippen LogP contribution in [0.1, 0.15) is 10.4 Å². The number of hydrogen-bond acceptors (Lipinski definition) is 4. The number of benzene rings is 2. The van der Waals surface area contributed by atoms with E-state index in [0.29, 0.717) is 15.2 Å². The van der Waals surface area contributed by atoms with E-state index in [-0.39, 0.29) is 16.9 Å². The summed E-state index contributed by atoms with van der Waals surface area (Å²) in [5.41, 5.74) is 5.72. The predicted octanol–water partition coefficient (Wildman–Crippen LogP) is 3.85. The highest BCUT2D eigenvalue weighted by Gasteiger charge is 2.21. The lowest BCUT2D eigenvalue weighted by Gasteiger charge is -2.08. The number of carbonyl (C=O) groups is 1. The Morgan fingerprint density at radius 2 is 2.00 bits per heavy atom. The van der Waals surface area contributed by atoms with Gasteiger partial charge in [-0.1, -0.05) is 27.5 Å². The summed E-state index contributed by atoms with van der Waals surface area (Å²) in [6.45, 7) is 0. The van der Waals surface area contributed by atoms with E-state index in [0.717, 1.165) is 0 Å². The fraction of sp³-hybridized carbons (Fsp3) is 0. The average molecular weight is 371 g/mol. The molecule has 0 radical (unpaired) electrons. The largest absolute Gasteiger partial charge is 0.399 e. The van der Waals surface area contributed by atoms with Crippen LogP contribution in [0.15, 0.2) is 40.9 Å². The van der Waals surface area contributed by atoms with Crippen molar-refractivity contribution in [3.05, 3.63) is 61.6 Å². The van der Waals surface area contributed by atoms with Gasteiger partial charge >= 0.3 is 0 Å². The first-order valence-electron chi connectivity index (χ1n) is 5.69. The van der Waals surface area contributed by atoms with Crippen molar-refractivity contribution in [3.8, 4) is 0 Å². The minimum absolute atomic E-state index is 0.129. The van der Waals surface area contributed by atoms with Crippen molar-refractivity contribution in [1.82, 2.24) is 0 Å². The average Bonchev–Trinajstić information content (AvgIpc) is 2.42. The van der Waals surface area contributed by atoms with Crippen molar-refractivity contribution in [2.45, 2.75) is 0 Å². The summed E-state index contributed by atoms with van der Waals surface area (Å²) in [5, 5.41) is 13.8. The Kier molecular flexibility index (Phi) is 4.44. The normalized spacial score (nSPS) is 10.2. The van der Waals surface area contributed by atoms with Crippen LogP contribution in [0.5, 0.6) is 0 Å². The second-order valence-electron chi connectivity index (χ2n) is 4.11. The summed E-state index contributed by atoms with van der Waals surface area (Å²) in [6, 6.07) is 8.70. The number of amides is 1. The van der Waals surface area contributed by atoms with Gasteiger partial charge in [0.2, 0.25) is 0 Å². The smallest absolute Gasteiger partial charge is 0.282 e. The van der Waals surface area contributed by atoms with E-state index in [1.807, 2.05) is 0 Å². The molecule has 6 nitrogen and oxygen atoms in total. The maximum absolute atomic E-state index is 12.2. The van der Waals surface area contributed by atoms with Crippen molar-refractivity contribution >= 4 is 50.5 Å². The van der Waals surface area contributed by atoms with Crippen LogP contribution >= 0.6 is 27.5 Å². The summed E-state index contributed by atoms with van der Waals surface area (Å²) < 4.78 is 0.712. The topological polar surface area (TPSA) is 98.3 Å². The van der Waals surface area contributed by atoms with Crippen molar-refractivity contribution in [3.63, 3.8) is 0 Å². The molecule has 21 heavy (non-hydrogen) atoms. The molecular formula is C13H9BrClN3O3. The second kappa shape index (κ2) is 6.11. The highest BCUT2D eigenvalue weighted by atomic mass is 79.9. The third kappa shape index (κ3) is 3.50. The van der Waals surface area contributed by atoms with E-state index in [1.54, 1.807) is 18.2 Å². The van der Waals surface area contributed by atoms with Gasteiger partial charge < -0.3 is 11.1 Å². The molecule has 2 aromatic rings. The number of carbonyl (C=O) groups excluding carboxylic acids is 1. The number of nitrogen functional groups attached to an aromatic ring is 1. The molecule has 0 fully saturated rings. The van der Waals surface area contributed by atoms with Crippen molar-refractivity contribution in [2.75, 3.05) is 11.1 Å². The molecule has 0 aliphatic rings.